The Bertz CT molecular complexity index is 3380. The molecule has 33 heteroatoms. The molecule has 2 aromatic carbocycles. The molecular weight excluding hydrogens is 1280 g/mol. The molecule has 0 unspecified atom stereocenters. The van der Waals surface area contributed by atoms with Gasteiger partial charge in [-0.15, -0.1) is 11.8 Å². The number of aromatic amines is 1. The van der Waals surface area contributed by atoms with E-state index in [1.54, 1.807) is 65.8 Å². The standard InChI is InChI=1S/C64H91N15O17S/c1-8-33(6)53-59(92)69-26-50(86)71-44-30-97-62-39(38-12-9-10-13-40(38)75-62)23-42(55(88)68-27-51(87)77-53)73-61(94)54(34(7)47(83)29-80)78-58(91)45-22-37(81)28-79(45)63(95)43(74-57(44)90)24-49(85)67-25-35-15-17-36(18-16-35)70-56(89)41(14-11-21-66-64(65)96)72-60(93)52(32(4)5)76-48(84)20-19-46(82)31(2)3/h9-10,12-13,15-18,31-34,37,41-45,47,52-54,75,80-81,83H,8,11,14,19-30H2,1-7H3,(H,67,85)(H,68,88)(H,69,92)(H,70,89)(H,71,86)(H,72,93)(H,73,94)(H,74,90)(H,76,84)(H,77,87)(H,78,91)(H3,65,66,96)/t33-,34-,37+,41-,42-,43-,44-,45-,47-,52-,53-,54-/m0/s1. The number of primary amides is 1. The van der Waals surface area contributed by atoms with E-state index in [0.717, 1.165) is 16.7 Å². The van der Waals surface area contributed by atoms with Crippen LogP contribution < -0.4 is 69.5 Å². The fourth-order valence-corrected chi connectivity index (χ4v) is 12.2. The number of thioether (sulfide) groups is 1. The summed E-state index contributed by atoms with van der Waals surface area (Å²) in [6.07, 6.45) is -4.24. The van der Waals surface area contributed by atoms with Gasteiger partial charge in [0.1, 0.15) is 54.1 Å². The Balaban J connectivity index is 1.31. The van der Waals surface area contributed by atoms with Gasteiger partial charge in [-0.2, -0.15) is 0 Å². The van der Waals surface area contributed by atoms with Crippen molar-refractivity contribution in [1.82, 2.24) is 68.4 Å². The number of nitrogens with one attached hydrogen (secondary N) is 13. The lowest BCUT2D eigenvalue weighted by Crippen LogP contribution is -2.62. The number of hydrogen-bond donors (Lipinski definition) is 17. The molecule has 0 radical (unpaired) electrons. The first-order valence-electron chi connectivity index (χ1n) is 32.4. The molecular formula is C64H91N15O17S. The van der Waals surface area contributed by atoms with Gasteiger partial charge in [-0.1, -0.05) is 85.2 Å². The summed E-state index contributed by atoms with van der Waals surface area (Å²) in [7, 11) is 0. The topological polar surface area (TPSA) is 489 Å². The average molecular weight is 1370 g/mol. The summed E-state index contributed by atoms with van der Waals surface area (Å²) in [4.78, 5) is 198. The van der Waals surface area contributed by atoms with Gasteiger partial charge in [-0.3, -0.25) is 62.3 Å². The highest BCUT2D eigenvalue weighted by molar-refractivity contribution is 7.99. The van der Waals surface area contributed by atoms with Crippen molar-refractivity contribution in [2.75, 3.05) is 43.9 Å². The second-order valence-electron chi connectivity index (χ2n) is 25.2. The number of para-hydroxylation sites is 1. The molecule has 3 aromatic rings. The highest BCUT2D eigenvalue weighted by atomic mass is 32.2. The number of amides is 14. The molecule has 32 nitrogen and oxygen atoms in total. The monoisotopic (exact) mass is 1370 g/mol. The minimum absolute atomic E-state index is 0.0129. The Labute approximate surface area is 564 Å². The third kappa shape index (κ3) is 22.2. The summed E-state index contributed by atoms with van der Waals surface area (Å²) in [5.41, 5.74) is 6.85. The second-order valence-corrected chi connectivity index (χ2v) is 26.2. The van der Waals surface area contributed by atoms with Crippen molar-refractivity contribution >= 4 is 111 Å². The predicted octanol–water partition coefficient (Wildman–Crippen LogP) is -2.79. The van der Waals surface area contributed by atoms with Crippen LogP contribution in [0.1, 0.15) is 105 Å². The largest absolute Gasteiger partial charge is 0.394 e. The van der Waals surface area contributed by atoms with Crippen LogP contribution in [-0.4, -0.2) is 207 Å². The number of hydrogen-bond acceptors (Lipinski definition) is 18. The normalized spacial score (nSPS) is 22.5. The second kappa shape index (κ2) is 36.2. The van der Waals surface area contributed by atoms with Crippen molar-refractivity contribution in [2.24, 2.45) is 29.4 Å². The Kier molecular flexibility index (Phi) is 28.7. The van der Waals surface area contributed by atoms with Gasteiger partial charge < -0.3 is 94.7 Å². The predicted molar refractivity (Wildman–Crippen MR) is 352 cm³/mol. The first-order valence-corrected chi connectivity index (χ1v) is 33.3. The molecule has 6 rings (SSSR count). The van der Waals surface area contributed by atoms with Gasteiger partial charge in [0.15, 0.2) is 0 Å². The number of anilines is 1. The summed E-state index contributed by atoms with van der Waals surface area (Å²) < 4.78 is 0. The first kappa shape index (κ1) is 76.8. The lowest BCUT2D eigenvalue weighted by atomic mass is 9.93. The van der Waals surface area contributed by atoms with Crippen LogP contribution in [0.4, 0.5) is 10.5 Å². The van der Waals surface area contributed by atoms with Crippen LogP contribution in [-0.2, 0) is 75.3 Å². The van der Waals surface area contributed by atoms with Crippen molar-refractivity contribution in [3.63, 3.8) is 0 Å². The smallest absolute Gasteiger partial charge is 0.312 e. The van der Waals surface area contributed by atoms with E-state index in [2.05, 4.69) is 68.8 Å². The zero-order valence-electron chi connectivity index (χ0n) is 55.3. The number of carbonyl (C=O) groups excluding carboxylic acids is 14. The van der Waals surface area contributed by atoms with Gasteiger partial charge in [0.05, 0.1) is 43.4 Å². The maximum Gasteiger partial charge on any atom is 0.312 e. The number of rotatable bonds is 23. The van der Waals surface area contributed by atoms with Crippen molar-refractivity contribution in [3.8, 4) is 0 Å². The van der Waals surface area contributed by atoms with E-state index < -0.39 is 194 Å². The zero-order chi connectivity index (χ0) is 71.4. The molecule has 4 heterocycles. The Morgan fingerprint density at radius 1 is 0.732 bits per heavy atom. The molecule has 0 saturated carbocycles. The number of Topliss-reactive ketones (excluding diaryl/α,β-unsaturated/α-hetero) is 1. The number of benzene rings is 2. The molecule has 0 spiro atoms. The molecule has 14 amide bonds. The van der Waals surface area contributed by atoms with Crippen molar-refractivity contribution in [3.05, 3.63) is 59.7 Å². The molecule has 12 atom stereocenters. The quantitative estimate of drug-likeness (QED) is 0.0427. The summed E-state index contributed by atoms with van der Waals surface area (Å²) in [5.74, 6) is -13.4. The number of nitrogens with two attached hydrogens (primary N) is 1. The number of carbonyl (C=O) groups is 14. The molecule has 97 heavy (non-hydrogen) atoms. The SMILES string of the molecule is CC[C@H](C)[C@@H]1NC(=O)CNC(=O)[C@@H]2Cc3c([nH]c4ccccc34)SC[C@H](NC(=O)CNC1=O)C(=O)N[C@@H](CC(=O)NCc1ccc(NC(=O)[C@H](CCCNC(N)=O)NC(=O)[C@@H](NC(=O)CCC(=O)C(C)C)C(C)C)cc1)C(=O)N1C[C@H](O)C[C@H]1C(=O)N[C@@H]([C@@H](C)[C@@H](O)CO)C(=O)N2. The van der Waals surface area contributed by atoms with Crippen LogP contribution in [0.25, 0.3) is 10.9 Å². The summed E-state index contributed by atoms with van der Waals surface area (Å²) in [6.45, 7) is 8.55. The molecule has 0 aliphatic carbocycles. The molecule has 3 aliphatic heterocycles. The number of H-pyrrole nitrogens is 1. The third-order valence-electron chi connectivity index (χ3n) is 17.1. The van der Waals surface area contributed by atoms with E-state index in [0.29, 0.717) is 33.5 Å². The molecule has 1 aromatic heterocycles. The van der Waals surface area contributed by atoms with E-state index in [1.165, 1.54) is 31.2 Å². The molecule has 1 saturated heterocycles. The summed E-state index contributed by atoms with van der Waals surface area (Å²) >= 11 is 0.984. The lowest BCUT2D eigenvalue weighted by Gasteiger charge is -2.33. The number of aliphatic hydroxyl groups excluding tert-OH is 3. The average Bonchev–Trinajstić information content (AvgIpc) is 1.68. The van der Waals surface area contributed by atoms with Crippen molar-refractivity contribution in [1.29, 1.82) is 0 Å². The van der Waals surface area contributed by atoms with E-state index in [4.69, 9.17) is 5.73 Å². The van der Waals surface area contributed by atoms with Gasteiger partial charge in [0, 0.05) is 79.5 Å². The van der Waals surface area contributed by atoms with E-state index in [1.807, 2.05) is 0 Å². The number of nitrogens with zero attached hydrogens (tertiary/aromatic N) is 1. The molecule has 18 N–H and O–H groups in total. The highest BCUT2D eigenvalue weighted by Crippen LogP contribution is 2.32. The maximum atomic E-state index is 15.1. The van der Waals surface area contributed by atoms with Gasteiger partial charge in [-0.05, 0) is 54.0 Å². The fourth-order valence-electron chi connectivity index (χ4n) is 11.1. The van der Waals surface area contributed by atoms with E-state index >= 15 is 4.79 Å². The Morgan fingerprint density at radius 2 is 1.41 bits per heavy atom. The number of urea groups is 1. The maximum absolute atomic E-state index is 15.1. The number of aromatic nitrogens is 1. The minimum atomic E-state index is -1.86. The van der Waals surface area contributed by atoms with Crippen LogP contribution in [0.15, 0.2) is 53.6 Å². The van der Waals surface area contributed by atoms with Crippen LogP contribution in [0.2, 0.25) is 0 Å². The van der Waals surface area contributed by atoms with Crippen LogP contribution in [0, 0.1) is 23.7 Å². The molecule has 1 fully saturated rings. The molecule has 3 aliphatic rings. The van der Waals surface area contributed by atoms with Gasteiger partial charge in [0.25, 0.3) is 0 Å². The highest BCUT2D eigenvalue weighted by Gasteiger charge is 2.45. The van der Waals surface area contributed by atoms with E-state index in [9.17, 15) is 77.6 Å². The first-order chi connectivity index (χ1) is 46.0. The lowest BCUT2D eigenvalue weighted by molar-refractivity contribution is -0.144. The Hall–Kier alpha value is -9.21. The molecule has 530 valence electrons. The number of ketones is 1. The van der Waals surface area contributed by atoms with E-state index in [-0.39, 0.29) is 68.3 Å². The van der Waals surface area contributed by atoms with Crippen LogP contribution in [0.3, 0.4) is 0 Å². The van der Waals surface area contributed by atoms with Gasteiger partial charge in [0.2, 0.25) is 70.9 Å². The van der Waals surface area contributed by atoms with Crippen molar-refractivity contribution < 1.29 is 82.4 Å². The molecule has 2 bridgehead atoms. The summed E-state index contributed by atoms with van der Waals surface area (Å²) in [6, 6.07) is 0.188. The number of aliphatic hydroxyl groups is 3. The third-order valence-corrected chi connectivity index (χ3v) is 18.2. The summed E-state index contributed by atoms with van der Waals surface area (Å²) in [5, 5.41) is 64.3. The van der Waals surface area contributed by atoms with Gasteiger partial charge in [-0.25, -0.2) is 4.79 Å². The Morgan fingerprint density at radius 3 is 2.07 bits per heavy atom. The van der Waals surface area contributed by atoms with Crippen LogP contribution in [0.5, 0.6) is 0 Å². The number of fused-ring (bicyclic) bond motifs is 5. The van der Waals surface area contributed by atoms with Crippen LogP contribution >= 0.6 is 11.8 Å². The zero-order valence-corrected chi connectivity index (χ0v) is 56.1. The minimum Gasteiger partial charge on any atom is -0.394 e. The van der Waals surface area contributed by atoms with Gasteiger partial charge >= 0.3 is 6.03 Å². The van der Waals surface area contributed by atoms with Crippen molar-refractivity contribution in [2.45, 2.75) is 172 Å². The fraction of sp³-hybridized carbons (Fsp3) is 0.562.